The van der Waals surface area contributed by atoms with Crippen LogP contribution in [0.2, 0.25) is 0 Å². The Morgan fingerprint density at radius 3 is 1.57 bits per heavy atom. The zero-order valence-corrected chi connectivity index (χ0v) is 34.8. The minimum Gasteiger partial charge on any atom is -0.462 e. The van der Waals surface area contributed by atoms with Gasteiger partial charge in [0.05, 0.1) is 18.8 Å². The number of phosphoric acid groups is 1. The highest BCUT2D eigenvalue weighted by molar-refractivity contribution is 7.46. The molecule has 0 saturated carbocycles. The molecule has 2 unspecified atom stereocenters. The van der Waals surface area contributed by atoms with Crippen LogP contribution in [0.15, 0.2) is 24.3 Å². The lowest BCUT2D eigenvalue weighted by atomic mass is 10.1. The molecule has 10 heteroatoms. The smallest absolute Gasteiger partial charge is 0.462 e. The Morgan fingerprint density at radius 1 is 0.585 bits per heavy atom. The number of unbranched alkanes of at least 4 members (excludes halogenated alkanes) is 22. The second kappa shape index (κ2) is 34.9. The maximum absolute atomic E-state index is 12.4. The second-order valence-electron chi connectivity index (χ2n) is 15.1. The quantitative estimate of drug-likeness (QED) is 0.0206. The normalized spacial score (nSPS) is 16.5. The summed E-state index contributed by atoms with van der Waals surface area (Å²) in [6.07, 6.45) is 42.1. The molecule has 0 aromatic heterocycles. The van der Waals surface area contributed by atoms with Gasteiger partial charge in [-0.05, 0) is 64.2 Å². The van der Waals surface area contributed by atoms with Gasteiger partial charge in [0.2, 0.25) is 0 Å². The van der Waals surface area contributed by atoms with Crippen LogP contribution in [0.4, 0.5) is 0 Å². The summed E-state index contributed by atoms with van der Waals surface area (Å²) in [5.74, 6) is -0.903. The molecule has 1 heterocycles. The van der Waals surface area contributed by atoms with E-state index in [2.05, 4.69) is 42.7 Å². The van der Waals surface area contributed by atoms with E-state index in [0.29, 0.717) is 25.0 Å². The van der Waals surface area contributed by atoms with Crippen LogP contribution in [0.3, 0.4) is 0 Å². The molecule has 1 aliphatic rings. The van der Waals surface area contributed by atoms with Gasteiger partial charge in [-0.3, -0.25) is 14.1 Å². The third-order valence-electron chi connectivity index (χ3n) is 9.87. The molecule has 2 N–H and O–H groups in total. The molecule has 1 aliphatic heterocycles. The molecular weight excluding hydrogens is 691 g/mol. The maximum Gasteiger partial charge on any atom is 0.469 e. The van der Waals surface area contributed by atoms with Crippen molar-refractivity contribution in [1.29, 1.82) is 0 Å². The predicted octanol–water partition coefficient (Wildman–Crippen LogP) is 12.2. The van der Waals surface area contributed by atoms with E-state index in [9.17, 15) is 14.2 Å². The minimum absolute atomic E-state index is 0.205. The van der Waals surface area contributed by atoms with Gasteiger partial charge in [-0.25, -0.2) is 4.57 Å². The van der Waals surface area contributed by atoms with Crippen molar-refractivity contribution in [2.45, 2.75) is 225 Å². The van der Waals surface area contributed by atoms with Crippen molar-refractivity contribution < 1.29 is 42.7 Å². The molecule has 0 aliphatic carbocycles. The van der Waals surface area contributed by atoms with E-state index < -0.39 is 32.5 Å². The summed E-state index contributed by atoms with van der Waals surface area (Å²) < 4.78 is 32.1. The van der Waals surface area contributed by atoms with E-state index in [1.54, 1.807) is 0 Å². The number of hydrogen-bond acceptors (Lipinski definition) is 7. The van der Waals surface area contributed by atoms with Crippen molar-refractivity contribution in [3.8, 4) is 0 Å². The van der Waals surface area contributed by atoms with Crippen LogP contribution < -0.4 is 0 Å². The Balaban J connectivity index is 2.04. The van der Waals surface area contributed by atoms with E-state index in [1.165, 1.54) is 109 Å². The maximum atomic E-state index is 12.4. The van der Waals surface area contributed by atoms with Crippen LogP contribution in [0.5, 0.6) is 0 Å². The van der Waals surface area contributed by atoms with Crippen molar-refractivity contribution in [2.75, 3.05) is 13.2 Å². The van der Waals surface area contributed by atoms with E-state index in [-0.39, 0.29) is 19.4 Å². The summed E-state index contributed by atoms with van der Waals surface area (Å²) in [4.78, 5) is 42.9. The molecule has 53 heavy (non-hydrogen) atoms. The first kappa shape index (κ1) is 49.5. The summed E-state index contributed by atoms with van der Waals surface area (Å²) in [6, 6.07) is 0. The fourth-order valence-electron chi connectivity index (χ4n) is 6.49. The lowest BCUT2D eigenvalue weighted by Crippen LogP contribution is -2.29. The monoisotopic (exact) mass is 771 g/mol. The zero-order chi connectivity index (χ0) is 38.7. The highest BCUT2D eigenvalue weighted by Gasteiger charge is 2.36. The molecule has 1 fully saturated rings. The average Bonchev–Trinajstić information content (AvgIpc) is 3.88. The first-order valence-electron chi connectivity index (χ1n) is 21.8. The number of ether oxygens (including phenoxy) is 3. The lowest BCUT2D eigenvalue weighted by Gasteiger charge is -2.18. The van der Waals surface area contributed by atoms with Crippen LogP contribution in [-0.4, -0.2) is 53.3 Å². The Hall–Kier alpha value is -1.51. The summed E-state index contributed by atoms with van der Waals surface area (Å²) in [5, 5.41) is 0. The molecule has 0 aromatic carbocycles. The van der Waals surface area contributed by atoms with Gasteiger partial charge in [-0.15, -0.1) is 0 Å². The number of hydrogen-bond donors (Lipinski definition) is 2. The molecule has 0 radical (unpaired) electrons. The molecule has 0 aromatic rings. The Kier molecular flexibility index (Phi) is 32.6. The van der Waals surface area contributed by atoms with Gasteiger partial charge in [0, 0.05) is 12.8 Å². The van der Waals surface area contributed by atoms with Crippen molar-refractivity contribution in [2.24, 2.45) is 0 Å². The zero-order valence-electron chi connectivity index (χ0n) is 33.9. The summed E-state index contributed by atoms with van der Waals surface area (Å²) in [7, 11) is -4.76. The van der Waals surface area contributed by atoms with E-state index in [0.717, 1.165) is 57.8 Å². The summed E-state index contributed by atoms with van der Waals surface area (Å²) >= 11 is 0. The molecule has 1 saturated heterocycles. The molecular formula is C43H79O9P. The highest BCUT2D eigenvalue weighted by Crippen LogP contribution is 2.36. The highest BCUT2D eigenvalue weighted by atomic mass is 31.2. The Bertz CT molecular complexity index is 979. The van der Waals surface area contributed by atoms with Gasteiger partial charge in [0.25, 0.3) is 0 Å². The SMILES string of the molecule is CCCCCCCC/C=C\CCCCCCCCCCCC(=O)O[C@H](COC(=O)CCCCCCC/C=C\CC1OC1CCCCC)COP(=O)(O)O. The molecule has 9 nitrogen and oxygen atoms in total. The van der Waals surface area contributed by atoms with Crippen LogP contribution in [0, 0.1) is 0 Å². The van der Waals surface area contributed by atoms with Crippen molar-refractivity contribution >= 4 is 19.8 Å². The molecule has 1 rings (SSSR count). The van der Waals surface area contributed by atoms with Crippen LogP contribution in [-0.2, 0) is 32.9 Å². The van der Waals surface area contributed by atoms with Crippen molar-refractivity contribution in [3.63, 3.8) is 0 Å². The third-order valence-corrected chi connectivity index (χ3v) is 10.4. The Morgan fingerprint density at radius 2 is 1.04 bits per heavy atom. The first-order valence-corrected chi connectivity index (χ1v) is 23.3. The fourth-order valence-corrected chi connectivity index (χ4v) is 6.85. The summed E-state index contributed by atoms with van der Waals surface area (Å²) in [6.45, 7) is 3.65. The molecule has 3 atom stereocenters. The van der Waals surface area contributed by atoms with Gasteiger partial charge in [0.15, 0.2) is 6.10 Å². The largest absolute Gasteiger partial charge is 0.469 e. The van der Waals surface area contributed by atoms with Crippen molar-refractivity contribution in [3.05, 3.63) is 24.3 Å². The Labute approximate surface area is 324 Å². The third kappa shape index (κ3) is 34.7. The van der Waals surface area contributed by atoms with Gasteiger partial charge in [0.1, 0.15) is 6.61 Å². The first-order chi connectivity index (χ1) is 25.7. The summed E-state index contributed by atoms with van der Waals surface area (Å²) in [5.41, 5.74) is 0. The van der Waals surface area contributed by atoms with E-state index in [4.69, 9.17) is 24.0 Å². The van der Waals surface area contributed by atoms with Crippen LogP contribution >= 0.6 is 7.82 Å². The molecule has 0 bridgehead atoms. The number of carbonyl (C=O) groups is 2. The lowest BCUT2D eigenvalue weighted by molar-refractivity contribution is -0.161. The average molecular weight is 771 g/mol. The molecule has 0 spiro atoms. The number of allylic oxidation sites excluding steroid dienone is 3. The number of carbonyl (C=O) groups excluding carboxylic acids is 2. The number of rotatable bonds is 39. The number of phosphoric ester groups is 1. The van der Waals surface area contributed by atoms with Gasteiger partial charge >= 0.3 is 19.8 Å². The second-order valence-corrected chi connectivity index (χ2v) is 16.3. The van der Waals surface area contributed by atoms with Crippen LogP contribution in [0.1, 0.15) is 206 Å². The predicted molar refractivity (Wildman–Crippen MR) is 216 cm³/mol. The molecule has 310 valence electrons. The standard InChI is InChI=1S/C43H79O9P/c1-3-5-7-8-9-10-11-12-13-14-15-16-17-18-19-20-25-28-32-36-43(45)51-39(38-50-53(46,47)48)37-49-42(44)35-31-27-24-22-21-23-26-30-34-41-40(52-41)33-29-6-4-2/h12-13,26,30,39-41H,3-11,14-25,27-29,31-38H2,1-2H3,(H2,46,47,48)/b13-12-,30-26-/t39-,40?,41?/m1/s1. The van der Waals surface area contributed by atoms with Gasteiger partial charge in [-0.1, -0.05) is 154 Å². The van der Waals surface area contributed by atoms with Crippen molar-refractivity contribution in [1.82, 2.24) is 0 Å². The molecule has 0 amide bonds. The topological polar surface area (TPSA) is 132 Å². The minimum atomic E-state index is -4.76. The number of epoxide rings is 1. The van der Waals surface area contributed by atoms with E-state index in [1.807, 2.05) is 0 Å². The van der Waals surface area contributed by atoms with Crippen LogP contribution in [0.25, 0.3) is 0 Å². The number of esters is 2. The van der Waals surface area contributed by atoms with E-state index >= 15 is 0 Å². The van der Waals surface area contributed by atoms with Gasteiger partial charge < -0.3 is 24.0 Å². The fraction of sp³-hybridized carbons (Fsp3) is 0.860. The van der Waals surface area contributed by atoms with Gasteiger partial charge in [-0.2, -0.15) is 0 Å².